The summed E-state index contributed by atoms with van der Waals surface area (Å²) in [6, 6.07) is 10.5. The van der Waals surface area contributed by atoms with Crippen molar-refractivity contribution in [2.24, 2.45) is 4.99 Å². The molecule has 0 amide bonds. The van der Waals surface area contributed by atoms with Crippen molar-refractivity contribution in [2.45, 2.75) is 19.9 Å². The molecule has 1 aromatic heterocycles. The van der Waals surface area contributed by atoms with E-state index in [9.17, 15) is 29.8 Å². The lowest BCUT2D eigenvalue weighted by Gasteiger charge is -2.24. The molecule has 35 heavy (non-hydrogen) atoms. The van der Waals surface area contributed by atoms with Crippen LogP contribution in [0.15, 0.2) is 69.6 Å². The summed E-state index contributed by atoms with van der Waals surface area (Å²) >= 11 is 1.07. The quantitative estimate of drug-likeness (QED) is 0.291. The van der Waals surface area contributed by atoms with Gasteiger partial charge in [-0.15, -0.1) is 0 Å². The minimum absolute atomic E-state index is 0.111. The third-order valence-corrected chi connectivity index (χ3v) is 6.30. The first kappa shape index (κ1) is 23.7. The molecular weight excluding hydrogens is 476 g/mol. The number of allylic oxidation sites excluding steroid dienone is 1. The molecule has 178 valence electrons. The Kier molecular flexibility index (Phi) is 6.38. The van der Waals surface area contributed by atoms with Gasteiger partial charge in [-0.05, 0) is 43.2 Å². The predicted molar refractivity (Wildman–Crippen MR) is 127 cm³/mol. The van der Waals surface area contributed by atoms with E-state index < -0.39 is 27.4 Å². The third-order valence-electron chi connectivity index (χ3n) is 5.32. The number of hydrogen-bond donors (Lipinski definition) is 0. The van der Waals surface area contributed by atoms with Crippen LogP contribution in [-0.4, -0.2) is 27.0 Å². The van der Waals surface area contributed by atoms with Crippen LogP contribution in [0, 0.1) is 20.2 Å². The molecule has 12 heteroatoms. The SMILES string of the molecule is CCOC(=O)C1=C(C)N=c2sc(=Cc3cccc([N+](=O)[O-])c3)c(=O)n2C1c1ccc([N+](=O)[O-])cc1. The molecule has 1 unspecified atom stereocenters. The number of non-ortho nitro benzene ring substituents is 2. The molecule has 2 aromatic carbocycles. The summed E-state index contributed by atoms with van der Waals surface area (Å²) in [5.41, 5.74) is 0.720. The second-order valence-corrected chi connectivity index (χ2v) is 8.51. The average molecular weight is 494 g/mol. The van der Waals surface area contributed by atoms with E-state index in [2.05, 4.69) is 4.99 Å². The van der Waals surface area contributed by atoms with Gasteiger partial charge in [0.25, 0.3) is 16.9 Å². The standard InChI is InChI=1S/C23H18N4O7S/c1-3-34-22(29)19-13(2)24-23-25(20(19)15-7-9-16(10-8-15)26(30)31)21(28)18(35-23)12-14-5-4-6-17(11-14)27(32)33/h4-12,20H,3H2,1-2H3. The van der Waals surface area contributed by atoms with E-state index in [1.54, 1.807) is 19.9 Å². The lowest BCUT2D eigenvalue weighted by atomic mass is 9.95. The van der Waals surface area contributed by atoms with Crippen LogP contribution in [0.1, 0.15) is 31.0 Å². The fraction of sp³-hybridized carbons (Fsp3) is 0.174. The smallest absolute Gasteiger partial charge is 0.338 e. The van der Waals surface area contributed by atoms with Crippen LogP contribution in [0.4, 0.5) is 11.4 Å². The van der Waals surface area contributed by atoms with Crippen molar-refractivity contribution in [1.29, 1.82) is 0 Å². The van der Waals surface area contributed by atoms with Crippen LogP contribution in [0.25, 0.3) is 6.08 Å². The van der Waals surface area contributed by atoms with Crippen LogP contribution >= 0.6 is 11.3 Å². The molecule has 0 spiro atoms. The zero-order valence-corrected chi connectivity index (χ0v) is 19.4. The number of hydrogen-bond acceptors (Lipinski definition) is 9. The zero-order valence-electron chi connectivity index (χ0n) is 18.5. The number of ether oxygens (including phenoxy) is 1. The van der Waals surface area contributed by atoms with Crippen LogP contribution < -0.4 is 14.9 Å². The summed E-state index contributed by atoms with van der Waals surface area (Å²) in [6.45, 7) is 3.39. The van der Waals surface area contributed by atoms with Crippen molar-refractivity contribution in [3.63, 3.8) is 0 Å². The molecule has 2 heterocycles. The van der Waals surface area contributed by atoms with Gasteiger partial charge < -0.3 is 4.74 Å². The molecule has 0 radical (unpaired) electrons. The van der Waals surface area contributed by atoms with Gasteiger partial charge in [0, 0.05) is 24.3 Å². The maximum Gasteiger partial charge on any atom is 0.338 e. The van der Waals surface area contributed by atoms with Gasteiger partial charge in [-0.1, -0.05) is 23.5 Å². The van der Waals surface area contributed by atoms with Gasteiger partial charge in [-0.2, -0.15) is 0 Å². The number of aromatic nitrogens is 1. The van der Waals surface area contributed by atoms with Gasteiger partial charge in [0.15, 0.2) is 4.80 Å². The number of carbonyl (C=O) groups is 1. The molecule has 4 rings (SSSR count). The summed E-state index contributed by atoms with van der Waals surface area (Å²) in [6.07, 6.45) is 1.52. The highest BCUT2D eigenvalue weighted by Crippen LogP contribution is 2.31. The Bertz CT molecular complexity index is 1570. The lowest BCUT2D eigenvalue weighted by molar-refractivity contribution is -0.385. The molecular formula is C23H18N4O7S. The highest BCUT2D eigenvalue weighted by atomic mass is 32.1. The first-order chi connectivity index (χ1) is 16.7. The minimum Gasteiger partial charge on any atom is -0.463 e. The number of nitrogens with zero attached hydrogens (tertiary/aromatic N) is 4. The number of thiazole rings is 1. The highest BCUT2D eigenvalue weighted by molar-refractivity contribution is 7.07. The highest BCUT2D eigenvalue weighted by Gasteiger charge is 2.33. The number of rotatable bonds is 6. The summed E-state index contributed by atoms with van der Waals surface area (Å²) in [7, 11) is 0. The summed E-state index contributed by atoms with van der Waals surface area (Å²) in [4.78, 5) is 52.3. The maximum absolute atomic E-state index is 13.5. The maximum atomic E-state index is 13.5. The van der Waals surface area contributed by atoms with Crippen LogP contribution in [0.3, 0.4) is 0 Å². The lowest BCUT2D eigenvalue weighted by Crippen LogP contribution is -2.39. The number of carbonyl (C=O) groups excluding carboxylic acids is 1. The Morgan fingerprint density at radius 3 is 2.46 bits per heavy atom. The van der Waals surface area contributed by atoms with Crippen LogP contribution in [0.2, 0.25) is 0 Å². The normalized spacial score (nSPS) is 15.4. The number of esters is 1. The van der Waals surface area contributed by atoms with E-state index in [0.717, 1.165) is 11.3 Å². The average Bonchev–Trinajstić information content (AvgIpc) is 3.12. The second-order valence-electron chi connectivity index (χ2n) is 7.50. The molecule has 0 fully saturated rings. The first-order valence-corrected chi connectivity index (χ1v) is 11.2. The van der Waals surface area contributed by atoms with Crippen molar-refractivity contribution < 1.29 is 19.4 Å². The molecule has 0 saturated carbocycles. The largest absolute Gasteiger partial charge is 0.463 e. The van der Waals surface area contributed by atoms with Crippen LogP contribution in [0.5, 0.6) is 0 Å². The van der Waals surface area contributed by atoms with Gasteiger partial charge in [0.1, 0.15) is 0 Å². The zero-order chi connectivity index (χ0) is 25.3. The third kappa shape index (κ3) is 4.51. The Hall–Kier alpha value is -4.45. The Balaban J connectivity index is 1.93. The predicted octanol–water partition coefficient (Wildman–Crippen LogP) is 2.61. The molecule has 0 saturated heterocycles. The van der Waals surface area contributed by atoms with Crippen LogP contribution in [-0.2, 0) is 9.53 Å². The number of benzene rings is 2. The van der Waals surface area contributed by atoms with E-state index in [1.165, 1.54) is 53.1 Å². The van der Waals surface area contributed by atoms with Gasteiger partial charge in [0.2, 0.25) is 0 Å². The fourth-order valence-electron chi connectivity index (χ4n) is 3.76. The Labute approximate surface area is 201 Å². The van der Waals surface area contributed by atoms with Crippen molar-refractivity contribution >= 4 is 34.8 Å². The van der Waals surface area contributed by atoms with Crippen molar-refractivity contribution in [1.82, 2.24) is 4.57 Å². The van der Waals surface area contributed by atoms with E-state index in [0.29, 0.717) is 21.6 Å². The molecule has 11 nitrogen and oxygen atoms in total. The van der Waals surface area contributed by atoms with Gasteiger partial charge in [0.05, 0.1) is 38.3 Å². The number of nitro benzene ring substituents is 2. The number of fused-ring (bicyclic) bond motifs is 1. The molecule has 1 aliphatic heterocycles. The molecule has 1 atom stereocenters. The van der Waals surface area contributed by atoms with Gasteiger partial charge in [-0.25, -0.2) is 9.79 Å². The molecule has 3 aromatic rings. The van der Waals surface area contributed by atoms with Gasteiger partial charge >= 0.3 is 5.97 Å². The molecule has 0 aliphatic carbocycles. The number of nitro groups is 2. The monoisotopic (exact) mass is 494 g/mol. The molecule has 1 aliphatic rings. The summed E-state index contributed by atoms with van der Waals surface area (Å²) in [5, 5.41) is 22.2. The van der Waals surface area contributed by atoms with E-state index in [1.807, 2.05) is 0 Å². The molecule has 0 bridgehead atoms. The van der Waals surface area contributed by atoms with E-state index in [4.69, 9.17) is 4.74 Å². The van der Waals surface area contributed by atoms with E-state index in [-0.39, 0.29) is 28.1 Å². The molecule has 0 N–H and O–H groups in total. The Morgan fingerprint density at radius 1 is 1.14 bits per heavy atom. The Morgan fingerprint density at radius 2 is 1.83 bits per heavy atom. The van der Waals surface area contributed by atoms with Crippen molar-refractivity contribution in [3.05, 3.63) is 111 Å². The summed E-state index contributed by atoms with van der Waals surface area (Å²) < 4.78 is 6.81. The second kappa shape index (κ2) is 9.43. The fourth-order valence-corrected chi connectivity index (χ4v) is 4.81. The first-order valence-electron chi connectivity index (χ1n) is 10.4. The summed E-state index contributed by atoms with van der Waals surface area (Å²) in [5.74, 6) is -0.648. The van der Waals surface area contributed by atoms with E-state index >= 15 is 0 Å². The van der Waals surface area contributed by atoms with Crippen molar-refractivity contribution in [3.8, 4) is 0 Å². The van der Waals surface area contributed by atoms with Crippen molar-refractivity contribution in [2.75, 3.05) is 6.61 Å². The van der Waals surface area contributed by atoms with Gasteiger partial charge in [-0.3, -0.25) is 29.6 Å². The topological polar surface area (TPSA) is 147 Å². The minimum atomic E-state index is -0.918.